The van der Waals surface area contributed by atoms with Crippen molar-refractivity contribution in [2.75, 3.05) is 25.6 Å². The van der Waals surface area contributed by atoms with Gasteiger partial charge < -0.3 is 19.7 Å². The monoisotopic (exact) mass is 526 g/mol. The Kier molecular flexibility index (Phi) is 7.77. The lowest BCUT2D eigenvalue weighted by Gasteiger charge is -2.40. The highest BCUT2D eigenvalue weighted by atomic mass is 32.1. The van der Waals surface area contributed by atoms with Crippen molar-refractivity contribution in [3.05, 3.63) is 53.3 Å². The number of methoxy groups -OCH3 is 1. The number of rotatable bonds is 8. The van der Waals surface area contributed by atoms with Crippen molar-refractivity contribution in [3.63, 3.8) is 0 Å². The van der Waals surface area contributed by atoms with Gasteiger partial charge in [-0.2, -0.15) is 10.2 Å². The number of ether oxygens (including phenoxy) is 2. The van der Waals surface area contributed by atoms with Gasteiger partial charge in [-0.1, -0.05) is 23.5 Å². The van der Waals surface area contributed by atoms with Crippen LogP contribution in [0.15, 0.2) is 36.7 Å². The molecule has 37 heavy (non-hydrogen) atoms. The van der Waals surface area contributed by atoms with Gasteiger partial charge in [-0.3, -0.25) is 10.1 Å². The number of amides is 3. The summed E-state index contributed by atoms with van der Waals surface area (Å²) in [6.07, 6.45) is 3.88. The average Bonchev–Trinajstić information content (AvgIpc) is 3.50. The van der Waals surface area contributed by atoms with Gasteiger partial charge in [0.15, 0.2) is 0 Å². The summed E-state index contributed by atoms with van der Waals surface area (Å²) in [7, 11) is 1.60. The van der Waals surface area contributed by atoms with Gasteiger partial charge in [0.2, 0.25) is 5.91 Å². The summed E-state index contributed by atoms with van der Waals surface area (Å²) < 4.78 is 10.4. The van der Waals surface area contributed by atoms with Crippen LogP contribution in [0.25, 0.3) is 5.00 Å². The maximum Gasteiger partial charge on any atom is 0.341 e. The third-order valence-corrected chi connectivity index (χ3v) is 7.33. The molecule has 2 N–H and O–H groups in total. The number of esters is 1. The highest BCUT2D eigenvalue weighted by Gasteiger charge is 2.36. The van der Waals surface area contributed by atoms with E-state index >= 15 is 0 Å². The number of benzene rings is 1. The van der Waals surface area contributed by atoms with Crippen molar-refractivity contribution in [1.29, 1.82) is 0 Å². The third kappa shape index (κ3) is 5.91. The first-order valence-corrected chi connectivity index (χ1v) is 12.7. The van der Waals surface area contributed by atoms with E-state index in [4.69, 9.17) is 9.47 Å². The first-order valence-electron chi connectivity index (χ1n) is 11.9. The molecule has 1 aliphatic heterocycles. The highest BCUT2D eigenvalue weighted by molar-refractivity contribution is 7.19. The number of urea groups is 1. The molecule has 4 rings (SSSR count). The Balaban J connectivity index is 1.49. The smallest absolute Gasteiger partial charge is 0.341 e. The topological polar surface area (TPSA) is 128 Å². The van der Waals surface area contributed by atoms with E-state index in [1.54, 1.807) is 25.9 Å². The van der Waals surface area contributed by atoms with Gasteiger partial charge in [0.05, 0.1) is 37.2 Å². The molecule has 11 nitrogen and oxygen atoms in total. The van der Waals surface area contributed by atoms with E-state index in [1.807, 2.05) is 31.2 Å². The molecule has 196 valence electrons. The van der Waals surface area contributed by atoms with Crippen LogP contribution in [0.1, 0.15) is 48.2 Å². The second kappa shape index (κ2) is 11.0. The Labute approximate surface area is 218 Å². The Bertz CT molecular complexity index is 1270. The number of likely N-dealkylation sites (tertiary alicyclic amines) is 1. The van der Waals surface area contributed by atoms with Crippen LogP contribution < -0.4 is 15.4 Å². The molecule has 2 aromatic heterocycles. The second-order valence-corrected chi connectivity index (χ2v) is 10.0. The summed E-state index contributed by atoms with van der Waals surface area (Å²) in [6.45, 7) is 6.37. The Morgan fingerprint density at radius 2 is 1.89 bits per heavy atom. The molecule has 3 aromatic rings. The minimum Gasteiger partial charge on any atom is -0.497 e. The number of piperidine rings is 1. The van der Waals surface area contributed by atoms with Crippen LogP contribution in [0.4, 0.5) is 9.80 Å². The van der Waals surface area contributed by atoms with Crippen molar-refractivity contribution >= 4 is 34.2 Å². The predicted molar refractivity (Wildman–Crippen MR) is 138 cm³/mol. The molecule has 1 fully saturated rings. The lowest BCUT2D eigenvalue weighted by molar-refractivity contribution is -0.136. The number of carbonyl (C=O) groups is 3. The number of hydrogen-bond acceptors (Lipinski definition) is 8. The fraction of sp³-hybridized carbons (Fsp3) is 0.400. The molecule has 0 aliphatic carbocycles. The van der Waals surface area contributed by atoms with Gasteiger partial charge in [0, 0.05) is 25.1 Å². The van der Waals surface area contributed by atoms with Crippen molar-refractivity contribution < 1.29 is 23.9 Å². The van der Waals surface area contributed by atoms with Crippen LogP contribution in [-0.2, 0) is 16.1 Å². The molecule has 0 radical (unpaired) electrons. The highest BCUT2D eigenvalue weighted by Crippen LogP contribution is 2.36. The van der Waals surface area contributed by atoms with Crippen LogP contribution in [0.5, 0.6) is 5.75 Å². The fourth-order valence-corrected chi connectivity index (χ4v) is 5.39. The maximum atomic E-state index is 13.1. The minimum atomic E-state index is -0.659. The van der Waals surface area contributed by atoms with Gasteiger partial charge >= 0.3 is 12.0 Å². The predicted octanol–water partition coefficient (Wildman–Crippen LogP) is 3.53. The number of thiophene rings is 1. The first-order chi connectivity index (χ1) is 17.7. The van der Waals surface area contributed by atoms with E-state index in [1.165, 1.54) is 28.5 Å². The number of nitrogens with zero attached hydrogens (tertiary/aromatic N) is 4. The summed E-state index contributed by atoms with van der Waals surface area (Å²) in [5, 5.41) is 15.1. The number of hydrogen-bond donors (Lipinski definition) is 2. The van der Waals surface area contributed by atoms with Gasteiger partial charge in [-0.05, 0) is 44.9 Å². The average molecular weight is 527 g/mol. The molecule has 3 amide bonds. The summed E-state index contributed by atoms with van der Waals surface area (Å²) in [5.74, 6) is 0.241. The maximum absolute atomic E-state index is 13.1. The van der Waals surface area contributed by atoms with Crippen molar-refractivity contribution in [3.8, 4) is 10.8 Å². The molecule has 0 bridgehead atoms. The largest absolute Gasteiger partial charge is 0.497 e. The van der Waals surface area contributed by atoms with Crippen molar-refractivity contribution in [1.82, 2.24) is 25.2 Å². The molecule has 1 unspecified atom stereocenters. The SMILES string of the molecule is CCOC(=O)c1c(NC(=O)NC2(C)CCC(=O)N(Cc3ccc(OC)cc3)C2)sc(-n2nccn2)c1C. The number of carbonyl (C=O) groups excluding carboxylic acids is 3. The summed E-state index contributed by atoms with van der Waals surface area (Å²) >= 11 is 1.18. The molecule has 0 spiro atoms. The summed E-state index contributed by atoms with van der Waals surface area (Å²) in [4.78, 5) is 41.6. The normalized spacial score (nSPS) is 17.4. The fourth-order valence-electron chi connectivity index (χ4n) is 4.29. The van der Waals surface area contributed by atoms with Gasteiger partial charge in [0.1, 0.15) is 15.8 Å². The quantitative estimate of drug-likeness (QED) is 0.430. The molecular formula is C25H30N6O5S. The number of anilines is 1. The first kappa shape index (κ1) is 26.1. The molecule has 1 atom stereocenters. The van der Waals surface area contributed by atoms with Crippen molar-refractivity contribution in [2.24, 2.45) is 0 Å². The van der Waals surface area contributed by atoms with Crippen molar-refractivity contribution in [2.45, 2.75) is 45.7 Å². The van der Waals surface area contributed by atoms with Crippen LogP contribution in [0.2, 0.25) is 0 Å². The van der Waals surface area contributed by atoms with Gasteiger partial charge in [-0.15, -0.1) is 4.80 Å². The van der Waals surface area contributed by atoms with Gasteiger partial charge in [0.25, 0.3) is 0 Å². The molecule has 1 saturated heterocycles. The third-order valence-electron chi connectivity index (χ3n) is 6.16. The van der Waals surface area contributed by atoms with E-state index < -0.39 is 17.5 Å². The summed E-state index contributed by atoms with van der Waals surface area (Å²) in [6, 6.07) is 7.06. The van der Waals surface area contributed by atoms with E-state index in [0.29, 0.717) is 41.5 Å². The van der Waals surface area contributed by atoms with Crippen LogP contribution >= 0.6 is 11.3 Å². The lowest BCUT2D eigenvalue weighted by atomic mass is 9.90. The Morgan fingerprint density at radius 3 is 2.54 bits per heavy atom. The molecular weight excluding hydrogens is 496 g/mol. The number of aromatic nitrogens is 3. The molecule has 1 aromatic carbocycles. The van der Waals surface area contributed by atoms with Crippen LogP contribution in [-0.4, -0.2) is 63.6 Å². The molecule has 12 heteroatoms. The molecule has 3 heterocycles. The zero-order valence-corrected chi connectivity index (χ0v) is 22.1. The number of nitrogens with one attached hydrogen (secondary N) is 2. The van der Waals surface area contributed by atoms with E-state index in [-0.39, 0.29) is 18.1 Å². The van der Waals surface area contributed by atoms with Gasteiger partial charge in [-0.25, -0.2) is 9.59 Å². The standard InChI is InChI=1S/C25H30N6O5S/c1-5-36-23(33)20-16(2)22(31-26-12-13-27-31)37-21(20)28-24(34)29-25(3)11-10-19(32)30(15-25)14-17-6-8-18(35-4)9-7-17/h6-9,12-13H,5,10-11,14-15H2,1-4H3,(H2,28,29,34). The summed E-state index contributed by atoms with van der Waals surface area (Å²) in [5.41, 5.74) is 1.18. The van der Waals surface area contributed by atoms with E-state index in [2.05, 4.69) is 20.8 Å². The van der Waals surface area contributed by atoms with E-state index in [0.717, 1.165) is 11.3 Å². The Morgan fingerprint density at radius 1 is 1.19 bits per heavy atom. The minimum absolute atomic E-state index is 0.0327. The second-order valence-electron chi connectivity index (χ2n) is 9.01. The van der Waals surface area contributed by atoms with Crippen LogP contribution in [0, 0.1) is 6.92 Å². The zero-order chi connectivity index (χ0) is 26.6. The molecule has 0 saturated carbocycles. The molecule has 1 aliphatic rings. The lowest BCUT2D eigenvalue weighted by Crippen LogP contribution is -2.58. The van der Waals surface area contributed by atoms with E-state index in [9.17, 15) is 14.4 Å². The Hall–Kier alpha value is -3.93. The zero-order valence-electron chi connectivity index (χ0n) is 21.2. The van der Waals surface area contributed by atoms with Crippen LogP contribution in [0.3, 0.4) is 0 Å².